The molecule has 0 spiro atoms. The van der Waals surface area contributed by atoms with Gasteiger partial charge in [-0.3, -0.25) is 4.79 Å². The molecule has 1 aliphatic heterocycles. The molecule has 7 heteroatoms. The zero-order valence-electron chi connectivity index (χ0n) is 16.8. The van der Waals surface area contributed by atoms with Gasteiger partial charge in [0.1, 0.15) is 5.82 Å². The van der Waals surface area contributed by atoms with Crippen LogP contribution in [-0.4, -0.2) is 31.7 Å². The van der Waals surface area contributed by atoms with E-state index in [0.29, 0.717) is 37.4 Å². The molecule has 0 aliphatic carbocycles. The minimum absolute atomic E-state index is 0.0714. The normalized spacial score (nSPS) is 16.1. The predicted molar refractivity (Wildman–Crippen MR) is 112 cm³/mol. The molecule has 29 heavy (non-hydrogen) atoms. The second-order valence-corrected chi connectivity index (χ2v) is 9.79. The summed E-state index contributed by atoms with van der Waals surface area (Å²) < 4.78 is 39.7. The molecule has 1 amide bonds. The topological polar surface area (TPSA) is 66.5 Å². The molecule has 3 rings (SSSR count). The van der Waals surface area contributed by atoms with Gasteiger partial charge in [0.25, 0.3) is 0 Å². The van der Waals surface area contributed by atoms with Crippen molar-refractivity contribution in [2.24, 2.45) is 5.92 Å². The van der Waals surface area contributed by atoms with E-state index in [0.717, 1.165) is 5.69 Å². The molecule has 2 aromatic rings. The average Bonchev–Trinajstić information content (AvgIpc) is 2.70. The van der Waals surface area contributed by atoms with Crippen LogP contribution in [0.3, 0.4) is 0 Å². The van der Waals surface area contributed by atoms with Crippen molar-refractivity contribution in [1.82, 2.24) is 4.31 Å². The molecule has 2 aromatic carbocycles. The number of rotatable bonds is 6. The zero-order chi connectivity index (χ0) is 21.0. The van der Waals surface area contributed by atoms with Crippen LogP contribution < -0.4 is 5.32 Å². The van der Waals surface area contributed by atoms with Crippen molar-refractivity contribution >= 4 is 21.6 Å². The number of carbonyl (C=O) groups is 1. The Morgan fingerprint density at radius 3 is 2.21 bits per heavy atom. The number of nitrogens with one attached hydrogen (secondary N) is 1. The van der Waals surface area contributed by atoms with E-state index in [1.54, 1.807) is 0 Å². The lowest BCUT2D eigenvalue weighted by Gasteiger charge is -2.30. The number of halogens is 1. The van der Waals surface area contributed by atoms with E-state index >= 15 is 0 Å². The van der Waals surface area contributed by atoms with Gasteiger partial charge in [-0.25, -0.2) is 17.1 Å². The first-order valence-electron chi connectivity index (χ1n) is 9.87. The lowest BCUT2D eigenvalue weighted by Crippen LogP contribution is -2.41. The molecule has 1 N–H and O–H groups in total. The molecule has 156 valence electrons. The van der Waals surface area contributed by atoms with Crippen LogP contribution in [0.25, 0.3) is 0 Å². The van der Waals surface area contributed by atoms with Gasteiger partial charge in [-0.05, 0) is 54.2 Å². The lowest BCUT2D eigenvalue weighted by molar-refractivity contribution is -0.120. The van der Waals surface area contributed by atoms with Crippen LogP contribution in [0.15, 0.2) is 48.5 Å². The number of sulfonamides is 1. The molecule has 0 saturated carbocycles. The first-order chi connectivity index (χ1) is 13.7. The van der Waals surface area contributed by atoms with Gasteiger partial charge in [-0.15, -0.1) is 0 Å². The summed E-state index contributed by atoms with van der Waals surface area (Å²) in [6, 6.07) is 13.3. The fourth-order valence-electron chi connectivity index (χ4n) is 3.47. The van der Waals surface area contributed by atoms with Crippen LogP contribution in [0.2, 0.25) is 0 Å². The number of amides is 1. The highest BCUT2D eigenvalue weighted by Gasteiger charge is 2.31. The van der Waals surface area contributed by atoms with Crippen molar-refractivity contribution < 1.29 is 17.6 Å². The molecule has 1 aliphatic rings. The maximum atomic E-state index is 13.0. The van der Waals surface area contributed by atoms with Gasteiger partial charge in [-0.1, -0.05) is 38.1 Å². The predicted octanol–water partition coefficient (Wildman–Crippen LogP) is 4.13. The molecule has 5 nitrogen and oxygen atoms in total. The summed E-state index contributed by atoms with van der Waals surface area (Å²) in [7, 11) is -3.49. The van der Waals surface area contributed by atoms with Crippen LogP contribution in [0.4, 0.5) is 10.1 Å². The summed E-state index contributed by atoms with van der Waals surface area (Å²) in [5, 5.41) is 2.93. The summed E-state index contributed by atoms with van der Waals surface area (Å²) in [4.78, 5) is 12.6. The fraction of sp³-hybridized carbons (Fsp3) is 0.409. The first-order valence-corrected chi connectivity index (χ1v) is 11.5. The number of hydrogen-bond acceptors (Lipinski definition) is 3. The average molecular weight is 419 g/mol. The van der Waals surface area contributed by atoms with Gasteiger partial charge < -0.3 is 5.32 Å². The molecule has 0 atom stereocenters. The first kappa shape index (κ1) is 21.5. The van der Waals surface area contributed by atoms with E-state index in [1.807, 2.05) is 24.3 Å². The molecule has 0 unspecified atom stereocenters. The maximum absolute atomic E-state index is 13.0. The highest BCUT2D eigenvalue weighted by Crippen LogP contribution is 2.24. The summed E-state index contributed by atoms with van der Waals surface area (Å²) in [6.45, 7) is 4.86. The summed E-state index contributed by atoms with van der Waals surface area (Å²) in [5.74, 6) is -0.403. The van der Waals surface area contributed by atoms with Gasteiger partial charge in [0.05, 0.1) is 5.75 Å². The summed E-state index contributed by atoms with van der Waals surface area (Å²) in [6.07, 6.45) is 0.969. The third-order valence-corrected chi connectivity index (χ3v) is 7.18. The molecular weight excluding hydrogens is 391 g/mol. The van der Waals surface area contributed by atoms with Crippen LogP contribution in [0, 0.1) is 11.7 Å². The number of hydrogen-bond donors (Lipinski definition) is 1. The standard InChI is InChI=1S/C22H27FN2O3S/c1-16(2)18-5-9-21(10-6-18)24-22(26)19-11-13-25(14-12-19)29(27,28)15-17-3-7-20(23)8-4-17/h3-10,16,19H,11-15H2,1-2H3,(H,24,26). The van der Waals surface area contributed by atoms with Crippen LogP contribution in [0.5, 0.6) is 0 Å². The molecule has 1 fully saturated rings. The number of nitrogens with zero attached hydrogens (tertiary/aromatic N) is 1. The zero-order valence-corrected chi connectivity index (χ0v) is 17.6. The fourth-order valence-corrected chi connectivity index (χ4v) is 5.04. The minimum Gasteiger partial charge on any atom is -0.326 e. The third kappa shape index (κ3) is 5.64. The highest BCUT2D eigenvalue weighted by atomic mass is 32.2. The van der Waals surface area contributed by atoms with Gasteiger partial charge in [-0.2, -0.15) is 0 Å². The van der Waals surface area contributed by atoms with E-state index in [-0.39, 0.29) is 17.6 Å². The van der Waals surface area contributed by atoms with Crippen molar-refractivity contribution in [3.8, 4) is 0 Å². The molecular formula is C22H27FN2O3S. The highest BCUT2D eigenvalue weighted by molar-refractivity contribution is 7.88. The Morgan fingerprint density at radius 1 is 1.07 bits per heavy atom. The Hall–Kier alpha value is -2.25. The third-order valence-electron chi connectivity index (χ3n) is 5.33. The van der Waals surface area contributed by atoms with Gasteiger partial charge in [0.15, 0.2) is 0 Å². The van der Waals surface area contributed by atoms with Gasteiger partial charge in [0.2, 0.25) is 15.9 Å². The number of benzene rings is 2. The Balaban J connectivity index is 1.53. The summed E-state index contributed by atoms with van der Waals surface area (Å²) in [5.41, 5.74) is 2.52. The molecule has 1 heterocycles. The maximum Gasteiger partial charge on any atom is 0.227 e. The molecule has 0 radical (unpaired) electrons. The Morgan fingerprint density at radius 2 is 1.66 bits per heavy atom. The van der Waals surface area contributed by atoms with E-state index in [9.17, 15) is 17.6 Å². The molecule has 0 aromatic heterocycles. The van der Waals surface area contributed by atoms with Crippen molar-refractivity contribution in [3.05, 3.63) is 65.5 Å². The lowest BCUT2D eigenvalue weighted by atomic mass is 9.97. The molecule has 0 bridgehead atoms. The van der Waals surface area contributed by atoms with Gasteiger partial charge >= 0.3 is 0 Å². The number of carbonyl (C=O) groups excluding carboxylic acids is 1. The Labute approximate surface area is 172 Å². The van der Waals surface area contributed by atoms with E-state index in [4.69, 9.17) is 0 Å². The van der Waals surface area contributed by atoms with E-state index in [2.05, 4.69) is 19.2 Å². The van der Waals surface area contributed by atoms with Crippen molar-refractivity contribution in [2.45, 2.75) is 38.4 Å². The second kappa shape index (κ2) is 9.05. The molecule has 1 saturated heterocycles. The van der Waals surface area contributed by atoms with Gasteiger partial charge in [0, 0.05) is 24.7 Å². The number of anilines is 1. The monoisotopic (exact) mass is 418 g/mol. The van der Waals surface area contributed by atoms with Crippen molar-refractivity contribution in [1.29, 1.82) is 0 Å². The van der Waals surface area contributed by atoms with Crippen molar-refractivity contribution in [3.63, 3.8) is 0 Å². The van der Waals surface area contributed by atoms with E-state index in [1.165, 1.54) is 34.1 Å². The smallest absolute Gasteiger partial charge is 0.227 e. The van der Waals surface area contributed by atoms with Crippen LogP contribution in [-0.2, 0) is 20.6 Å². The van der Waals surface area contributed by atoms with E-state index < -0.39 is 15.8 Å². The van der Waals surface area contributed by atoms with Crippen molar-refractivity contribution in [2.75, 3.05) is 18.4 Å². The summed E-state index contributed by atoms with van der Waals surface area (Å²) >= 11 is 0. The van der Waals surface area contributed by atoms with Crippen LogP contribution >= 0.6 is 0 Å². The van der Waals surface area contributed by atoms with Crippen LogP contribution in [0.1, 0.15) is 43.7 Å². The Bertz CT molecular complexity index is 933. The largest absolute Gasteiger partial charge is 0.326 e. The Kier molecular flexibility index (Phi) is 6.70. The minimum atomic E-state index is -3.49. The quantitative estimate of drug-likeness (QED) is 0.767. The SMILES string of the molecule is CC(C)c1ccc(NC(=O)C2CCN(S(=O)(=O)Cc3ccc(F)cc3)CC2)cc1. The second-order valence-electron chi connectivity index (χ2n) is 7.82. The number of piperidine rings is 1.